The molecule has 0 heterocycles. The van der Waals surface area contributed by atoms with Gasteiger partial charge >= 0.3 is 0 Å². The minimum atomic E-state index is -0.449. The van der Waals surface area contributed by atoms with Gasteiger partial charge in [0.1, 0.15) is 0 Å². The van der Waals surface area contributed by atoms with E-state index in [1.54, 1.807) is 12.1 Å². The van der Waals surface area contributed by atoms with Gasteiger partial charge in [-0.25, -0.2) is 0 Å². The lowest BCUT2D eigenvalue weighted by atomic mass is 10.1. The number of rotatable bonds is 6. The summed E-state index contributed by atoms with van der Waals surface area (Å²) >= 11 is 0. The Balaban J connectivity index is 2.58. The van der Waals surface area contributed by atoms with Crippen LogP contribution in [0.1, 0.15) is 18.9 Å². The number of hydrogen-bond donors (Lipinski definition) is 2. The summed E-state index contributed by atoms with van der Waals surface area (Å²) in [7, 11) is 0. The Morgan fingerprint density at radius 1 is 1.47 bits per heavy atom. The summed E-state index contributed by atoms with van der Waals surface area (Å²) in [6, 6.07) is 5.80. The number of benzene rings is 1. The molecule has 1 aromatic rings. The normalized spacial score (nSPS) is 12.1. The number of amides is 1. The molecule has 0 aliphatic rings. The van der Waals surface area contributed by atoms with E-state index in [1.807, 2.05) is 6.92 Å². The zero-order valence-corrected chi connectivity index (χ0v) is 9.55. The van der Waals surface area contributed by atoms with Crippen LogP contribution in [0.15, 0.2) is 24.3 Å². The van der Waals surface area contributed by atoms with E-state index in [9.17, 15) is 14.9 Å². The molecule has 0 fully saturated rings. The van der Waals surface area contributed by atoms with Crippen LogP contribution < -0.4 is 11.1 Å². The Kier molecular flexibility index (Phi) is 4.59. The number of primary amides is 1. The number of carbonyl (C=O) groups is 1. The SMILES string of the molecule is CCC(NCc1ccc([N+](=O)[O-])cc1)C(N)=O. The highest BCUT2D eigenvalue weighted by Crippen LogP contribution is 2.11. The molecule has 0 saturated heterocycles. The monoisotopic (exact) mass is 237 g/mol. The molecular weight excluding hydrogens is 222 g/mol. The third-order valence-corrected chi connectivity index (χ3v) is 2.45. The van der Waals surface area contributed by atoms with Gasteiger partial charge in [0, 0.05) is 18.7 Å². The summed E-state index contributed by atoms with van der Waals surface area (Å²) < 4.78 is 0. The van der Waals surface area contributed by atoms with Crippen LogP contribution in [0.3, 0.4) is 0 Å². The second-order valence-corrected chi connectivity index (χ2v) is 3.67. The number of nitrogens with two attached hydrogens (primary N) is 1. The third-order valence-electron chi connectivity index (χ3n) is 2.45. The zero-order chi connectivity index (χ0) is 12.8. The lowest BCUT2D eigenvalue weighted by Crippen LogP contribution is -2.40. The zero-order valence-electron chi connectivity index (χ0n) is 9.55. The number of nitro benzene ring substituents is 1. The highest BCUT2D eigenvalue weighted by molar-refractivity contribution is 5.79. The third kappa shape index (κ3) is 3.84. The predicted molar refractivity (Wildman–Crippen MR) is 63.2 cm³/mol. The van der Waals surface area contributed by atoms with E-state index in [2.05, 4.69) is 5.32 Å². The molecule has 3 N–H and O–H groups in total. The van der Waals surface area contributed by atoms with Gasteiger partial charge in [0.2, 0.25) is 5.91 Å². The summed E-state index contributed by atoms with van der Waals surface area (Å²) in [5, 5.41) is 13.4. The molecule has 1 aromatic carbocycles. The van der Waals surface area contributed by atoms with Crippen LogP contribution in [0.2, 0.25) is 0 Å². The molecule has 1 unspecified atom stereocenters. The average molecular weight is 237 g/mol. The molecular formula is C11H15N3O3. The summed E-state index contributed by atoms with van der Waals surface area (Å²) in [6.07, 6.45) is 0.613. The minimum absolute atomic E-state index is 0.0516. The molecule has 1 atom stereocenters. The van der Waals surface area contributed by atoms with Gasteiger partial charge in [0.05, 0.1) is 11.0 Å². The van der Waals surface area contributed by atoms with E-state index in [0.717, 1.165) is 5.56 Å². The van der Waals surface area contributed by atoms with Crippen LogP contribution in [0.5, 0.6) is 0 Å². The highest BCUT2D eigenvalue weighted by atomic mass is 16.6. The number of nitrogens with one attached hydrogen (secondary N) is 1. The molecule has 17 heavy (non-hydrogen) atoms. The van der Waals surface area contributed by atoms with Gasteiger partial charge in [0.25, 0.3) is 5.69 Å². The van der Waals surface area contributed by atoms with Crippen LogP contribution in [0, 0.1) is 10.1 Å². The van der Waals surface area contributed by atoms with Crippen molar-refractivity contribution in [3.8, 4) is 0 Å². The molecule has 92 valence electrons. The molecule has 0 bridgehead atoms. The number of non-ortho nitro benzene ring substituents is 1. The van der Waals surface area contributed by atoms with E-state index in [0.29, 0.717) is 13.0 Å². The maximum absolute atomic E-state index is 11.0. The lowest BCUT2D eigenvalue weighted by molar-refractivity contribution is -0.384. The van der Waals surface area contributed by atoms with E-state index in [4.69, 9.17) is 5.73 Å². The van der Waals surface area contributed by atoms with Crippen molar-refractivity contribution in [2.75, 3.05) is 0 Å². The molecule has 0 saturated carbocycles. The molecule has 1 amide bonds. The van der Waals surface area contributed by atoms with E-state index < -0.39 is 10.8 Å². The fourth-order valence-electron chi connectivity index (χ4n) is 1.42. The first-order valence-electron chi connectivity index (χ1n) is 5.30. The van der Waals surface area contributed by atoms with Crippen LogP contribution in [0.4, 0.5) is 5.69 Å². The van der Waals surface area contributed by atoms with Gasteiger partial charge in [-0.15, -0.1) is 0 Å². The molecule has 6 nitrogen and oxygen atoms in total. The molecule has 0 aliphatic carbocycles. The Bertz CT molecular complexity index is 403. The van der Waals surface area contributed by atoms with Gasteiger partial charge in [-0.1, -0.05) is 19.1 Å². The fourth-order valence-corrected chi connectivity index (χ4v) is 1.42. The van der Waals surface area contributed by atoms with Crippen LogP contribution in [0.25, 0.3) is 0 Å². The van der Waals surface area contributed by atoms with Crippen LogP contribution >= 0.6 is 0 Å². The van der Waals surface area contributed by atoms with Crippen molar-refractivity contribution >= 4 is 11.6 Å². The largest absolute Gasteiger partial charge is 0.368 e. The standard InChI is InChI=1S/C11H15N3O3/c1-2-10(11(12)15)13-7-8-3-5-9(6-4-8)14(16)17/h3-6,10,13H,2,7H2,1H3,(H2,12,15). The molecule has 0 spiro atoms. The molecule has 0 aliphatic heterocycles. The molecule has 1 rings (SSSR count). The smallest absolute Gasteiger partial charge is 0.269 e. The summed E-state index contributed by atoms with van der Waals surface area (Å²) in [4.78, 5) is 21.0. The predicted octanol–water partition coefficient (Wildman–Crippen LogP) is 0.948. The lowest BCUT2D eigenvalue weighted by Gasteiger charge is -2.12. The van der Waals surface area contributed by atoms with Gasteiger partial charge < -0.3 is 11.1 Å². The van der Waals surface area contributed by atoms with E-state index in [-0.39, 0.29) is 11.7 Å². The Morgan fingerprint density at radius 3 is 2.47 bits per heavy atom. The van der Waals surface area contributed by atoms with E-state index >= 15 is 0 Å². The molecule has 0 aromatic heterocycles. The van der Waals surface area contributed by atoms with Crippen molar-refractivity contribution in [1.29, 1.82) is 0 Å². The second-order valence-electron chi connectivity index (χ2n) is 3.67. The fraction of sp³-hybridized carbons (Fsp3) is 0.364. The summed E-state index contributed by atoms with van der Waals surface area (Å²) in [5.41, 5.74) is 6.11. The number of hydrogen-bond acceptors (Lipinski definition) is 4. The quantitative estimate of drug-likeness (QED) is 0.568. The Morgan fingerprint density at radius 2 is 2.06 bits per heavy atom. The maximum atomic E-state index is 11.0. The first-order chi connectivity index (χ1) is 8.04. The Labute approximate surface area is 99.0 Å². The van der Waals surface area contributed by atoms with Crippen molar-refractivity contribution < 1.29 is 9.72 Å². The maximum Gasteiger partial charge on any atom is 0.269 e. The average Bonchev–Trinajstić information content (AvgIpc) is 2.30. The van der Waals surface area contributed by atoms with Crippen molar-refractivity contribution in [1.82, 2.24) is 5.32 Å². The van der Waals surface area contributed by atoms with Gasteiger partial charge in [-0.3, -0.25) is 14.9 Å². The second kappa shape index (κ2) is 5.95. The topological polar surface area (TPSA) is 98.3 Å². The minimum Gasteiger partial charge on any atom is -0.368 e. The van der Waals surface area contributed by atoms with Crippen molar-refractivity contribution in [3.63, 3.8) is 0 Å². The van der Waals surface area contributed by atoms with Crippen molar-refractivity contribution in [2.24, 2.45) is 5.73 Å². The summed E-state index contributed by atoms with van der Waals surface area (Å²) in [5.74, 6) is -0.394. The van der Waals surface area contributed by atoms with Crippen molar-refractivity contribution in [3.05, 3.63) is 39.9 Å². The number of carbonyl (C=O) groups excluding carboxylic acids is 1. The van der Waals surface area contributed by atoms with Crippen molar-refractivity contribution in [2.45, 2.75) is 25.9 Å². The number of nitro groups is 1. The molecule has 6 heteroatoms. The number of nitrogens with zero attached hydrogens (tertiary/aromatic N) is 1. The highest BCUT2D eigenvalue weighted by Gasteiger charge is 2.11. The van der Waals surface area contributed by atoms with Crippen LogP contribution in [-0.4, -0.2) is 16.9 Å². The van der Waals surface area contributed by atoms with Gasteiger partial charge in [0.15, 0.2) is 0 Å². The van der Waals surface area contributed by atoms with Gasteiger partial charge in [-0.2, -0.15) is 0 Å². The van der Waals surface area contributed by atoms with Gasteiger partial charge in [-0.05, 0) is 12.0 Å². The first-order valence-corrected chi connectivity index (χ1v) is 5.30. The van der Waals surface area contributed by atoms with E-state index in [1.165, 1.54) is 12.1 Å². The molecule has 0 radical (unpaired) electrons. The van der Waals surface area contributed by atoms with Crippen LogP contribution in [-0.2, 0) is 11.3 Å². The Hall–Kier alpha value is -1.95. The first kappa shape index (κ1) is 13.1. The summed E-state index contributed by atoms with van der Waals surface area (Å²) in [6.45, 7) is 2.32.